The van der Waals surface area contributed by atoms with E-state index < -0.39 is 6.67 Å². The average molecular weight is 496 g/mol. The summed E-state index contributed by atoms with van der Waals surface area (Å²) in [5.74, 6) is 0.400. The van der Waals surface area contributed by atoms with Crippen LogP contribution in [0.3, 0.4) is 0 Å². The molecule has 3 aromatic heterocycles. The number of halogens is 2. The highest BCUT2D eigenvalue weighted by Gasteiger charge is 2.33. The number of alkyl halides is 1. The lowest BCUT2D eigenvalue weighted by atomic mass is 9.94. The van der Waals surface area contributed by atoms with E-state index in [-0.39, 0.29) is 18.2 Å². The molecule has 3 N–H and O–H groups in total. The van der Waals surface area contributed by atoms with Crippen molar-refractivity contribution in [1.82, 2.24) is 20.3 Å². The number of nitrogens with zero attached hydrogens (tertiary/aromatic N) is 2. The lowest BCUT2D eigenvalue weighted by Gasteiger charge is -2.23. The molecule has 1 atom stereocenters. The number of aromatic amines is 1. The molecule has 0 saturated carbocycles. The Kier molecular flexibility index (Phi) is 6.17. The molecule has 0 saturated heterocycles. The van der Waals surface area contributed by atoms with E-state index in [1.165, 1.54) is 7.11 Å². The molecule has 0 aliphatic carbocycles. The second kappa shape index (κ2) is 9.42. The molecule has 180 valence electrons. The molecule has 1 amide bonds. The van der Waals surface area contributed by atoms with E-state index in [4.69, 9.17) is 21.1 Å². The molecule has 8 nitrogen and oxygen atoms in total. The number of hydrogen-bond acceptors (Lipinski definition) is 6. The number of anilines is 2. The van der Waals surface area contributed by atoms with Gasteiger partial charge < -0.3 is 25.1 Å². The number of nitrogens with one attached hydrogen (secondary N) is 3. The molecule has 1 aromatic carbocycles. The molecule has 4 heterocycles. The van der Waals surface area contributed by atoms with E-state index in [0.717, 1.165) is 0 Å². The van der Waals surface area contributed by atoms with Gasteiger partial charge in [0.2, 0.25) is 5.88 Å². The topological polar surface area (TPSA) is 101 Å². The summed E-state index contributed by atoms with van der Waals surface area (Å²) in [5, 5.41) is 6.66. The minimum absolute atomic E-state index is 0.209. The highest BCUT2D eigenvalue weighted by molar-refractivity contribution is 6.32. The van der Waals surface area contributed by atoms with Crippen LogP contribution in [0.1, 0.15) is 28.4 Å². The zero-order chi connectivity index (χ0) is 24.5. The Hall–Kier alpha value is -3.85. The van der Waals surface area contributed by atoms with E-state index in [0.29, 0.717) is 68.1 Å². The highest BCUT2D eigenvalue weighted by atomic mass is 35.5. The number of hydrogen-bond donors (Lipinski definition) is 3. The molecule has 0 radical (unpaired) electrons. The Morgan fingerprint density at radius 1 is 1.20 bits per heavy atom. The number of H-pyrrole nitrogens is 1. The molecule has 0 spiro atoms. The van der Waals surface area contributed by atoms with E-state index in [9.17, 15) is 9.18 Å². The van der Waals surface area contributed by atoms with Crippen LogP contribution < -0.4 is 20.1 Å². The van der Waals surface area contributed by atoms with Crippen molar-refractivity contribution < 1.29 is 18.7 Å². The van der Waals surface area contributed by atoms with Crippen molar-refractivity contribution in [3.05, 3.63) is 58.9 Å². The fourth-order valence-electron chi connectivity index (χ4n) is 4.44. The van der Waals surface area contributed by atoms with Crippen LogP contribution in [0.4, 0.5) is 15.8 Å². The van der Waals surface area contributed by atoms with Gasteiger partial charge in [0.1, 0.15) is 5.52 Å². The Morgan fingerprint density at radius 2 is 2.06 bits per heavy atom. The molecule has 5 rings (SSSR count). The van der Waals surface area contributed by atoms with Crippen molar-refractivity contribution in [2.24, 2.45) is 0 Å². The highest BCUT2D eigenvalue weighted by Crippen LogP contribution is 2.44. The Morgan fingerprint density at radius 3 is 2.83 bits per heavy atom. The van der Waals surface area contributed by atoms with Crippen LogP contribution in [0, 0.1) is 0 Å². The first-order valence-electron chi connectivity index (χ1n) is 11.0. The van der Waals surface area contributed by atoms with E-state index in [2.05, 4.69) is 25.6 Å². The Bertz CT molecular complexity index is 1420. The average Bonchev–Trinajstić information content (AvgIpc) is 3.25. The number of aromatic nitrogens is 3. The summed E-state index contributed by atoms with van der Waals surface area (Å²) in [7, 11) is 3.07. The normalized spacial score (nSPS) is 15.0. The van der Waals surface area contributed by atoms with Gasteiger partial charge in [-0.1, -0.05) is 17.7 Å². The minimum Gasteiger partial charge on any atom is -0.493 e. The van der Waals surface area contributed by atoms with Crippen LogP contribution in [-0.2, 0) is 0 Å². The number of benzene rings is 1. The molecule has 1 aliphatic heterocycles. The first-order valence-corrected chi connectivity index (χ1v) is 11.4. The predicted octanol–water partition coefficient (Wildman–Crippen LogP) is 5.23. The molecule has 35 heavy (non-hydrogen) atoms. The van der Waals surface area contributed by atoms with Crippen LogP contribution in [0.15, 0.2) is 42.6 Å². The van der Waals surface area contributed by atoms with Crippen molar-refractivity contribution in [2.45, 2.75) is 12.3 Å². The molecule has 0 bridgehead atoms. The van der Waals surface area contributed by atoms with Gasteiger partial charge in [0.05, 0.1) is 54.1 Å². The van der Waals surface area contributed by atoms with Gasteiger partial charge in [0, 0.05) is 36.0 Å². The lowest BCUT2D eigenvalue weighted by molar-refractivity contribution is 0.0939. The monoisotopic (exact) mass is 495 g/mol. The standard InChI is InChI=1S/C25H23ClFN5O3/c1-34-18-7-6-16-21(31-18)14(9-11-28-16)22-23(30-17-5-3-4-15(26)24(17)35-2)19-20(32-22)13(8-10-27)12-29-25(19)33/h3-7,9,11,13,30,32H,8,10,12H2,1-2H3,(H,29,33). The smallest absolute Gasteiger partial charge is 0.255 e. The third-order valence-corrected chi connectivity index (χ3v) is 6.40. The van der Waals surface area contributed by atoms with E-state index in [1.807, 2.05) is 12.1 Å². The van der Waals surface area contributed by atoms with Gasteiger partial charge in [0.25, 0.3) is 5.91 Å². The summed E-state index contributed by atoms with van der Waals surface area (Å²) in [6.07, 6.45) is 1.95. The zero-order valence-corrected chi connectivity index (χ0v) is 19.9. The molecule has 4 aromatic rings. The summed E-state index contributed by atoms with van der Waals surface area (Å²) < 4.78 is 24.2. The molecule has 1 unspecified atom stereocenters. The van der Waals surface area contributed by atoms with Crippen molar-refractivity contribution in [1.29, 1.82) is 0 Å². The van der Waals surface area contributed by atoms with Gasteiger partial charge in [-0.25, -0.2) is 4.98 Å². The maximum absolute atomic E-state index is 13.4. The number of pyridine rings is 2. The van der Waals surface area contributed by atoms with Crippen LogP contribution in [0.25, 0.3) is 22.3 Å². The molecule has 10 heteroatoms. The van der Waals surface area contributed by atoms with Crippen molar-refractivity contribution in [2.75, 3.05) is 32.8 Å². The number of carbonyl (C=O) groups is 1. The van der Waals surface area contributed by atoms with Gasteiger partial charge in [-0.15, -0.1) is 0 Å². The van der Waals surface area contributed by atoms with Gasteiger partial charge in [-0.05, 0) is 30.7 Å². The van der Waals surface area contributed by atoms with Crippen LogP contribution in [-0.4, -0.2) is 48.3 Å². The Labute approximate surface area is 205 Å². The number of rotatable bonds is 7. The first-order chi connectivity index (χ1) is 17.0. The SMILES string of the molecule is COc1ccc2nccc(-c3[nH]c4c(c3Nc3cccc(Cl)c3OC)C(=O)NCC4CCF)c2n1. The summed E-state index contributed by atoms with van der Waals surface area (Å²) in [6, 6.07) is 10.7. The second-order valence-corrected chi connectivity index (χ2v) is 8.48. The number of amides is 1. The molecular weight excluding hydrogens is 473 g/mol. The summed E-state index contributed by atoms with van der Waals surface area (Å²) >= 11 is 6.35. The number of carbonyl (C=O) groups excluding carboxylic acids is 1. The van der Waals surface area contributed by atoms with Crippen molar-refractivity contribution in [3.63, 3.8) is 0 Å². The van der Waals surface area contributed by atoms with Crippen LogP contribution >= 0.6 is 11.6 Å². The van der Waals surface area contributed by atoms with Crippen LogP contribution in [0.5, 0.6) is 11.6 Å². The molecular formula is C25H23ClFN5O3. The number of methoxy groups -OCH3 is 2. The summed E-state index contributed by atoms with van der Waals surface area (Å²) in [5.41, 5.74) is 4.74. The summed E-state index contributed by atoms with van der Waals surface area (Å²) in [4.78, 5) is 25.5. The van der Waals surface area contributed by atoms with E-state index >= 15 is 0 Å². The third-order valence-electron chi connectivity index (χ3n) is 6.10. The lowest BCUT2D eigenvalue weighted by Crippen LogP contribution is -2.35. The number of ether oxygens (including phenoxy) is 2. The largest absolute Gasteiger partial charge is 0.493 e. The molecule has 0 fully saturated rings. The zero-order valence-electron chi connectivity index (χ0n) is 19.1. The molecule has 1 aliphatic rings. The predicted molar refractivity (Wildman–Crippen MR) is 133 cm³/mol. The third kappa shape index (κ3) is 4.01. The fraction of sp³-hybridized carbons (Fsp3) is 0.240. The maximum atomic E-state index is 13.4. The van der Waals surface area contributed by atoms with Gasteiger partial charge >= 0.3 is 0 Å². The van der Waals surface area contributed by atoms with Gasteiger partial charge in [-0.3, -0.25) is 14.2 Å². The van der Waals surface area contributed by atoms with Crippen LogP contribution in [0.2, 0.25) is 5.02 Å². The Balaban J connectivity index is 1.78. The maximum Gasteiger partial charge on any atom is 0.255 e. The van der Waals surface area contributed by atoms with E-state index in [1.54, 1.807) is 37.6 Å². The minimum atomic E-state index is -0.504. The quantitative estimate of drug-likeness (QED) is 0.325. The fourth-order valence-corrected chi connectivity index (χ4v) is 4.70. The van der Waals surface area contributed by atoms with Gasteiger partial charge in [-0.2, -0.15) is 0 Å². The summed E-state index contributed by atoms with van der Waals surface area (Å²) in [6.45, 7) is -0.158. The van der Waals surface area contributed by atoms with Crippen molar-refractivity contribution in [3.8, 4) is 22.9 Å². The van der Waals surface area contributed by atoms with Gasteiger partial charge in [0.15, 0.2) is 5.75 Å². The first kappa shape index (κ1) is 22.9. The second-order valence-electron chi connectivity index (χ2n) is 8.07. The number of para-hydroxylation sites is 1. The van der Waals surface area contributed by atoms with Crippen molar-refractivity contribution >= 4 is 39.9 Å². The number of fused-ring (bicyclic) bond motifs is 2.